The van der Waals surface area contributed by atoms with Gasteiger partial charge in [0.05, 0.1) is 6.10 Å². The lowest BCUT2D eigenvalue weighted by molar-refractivity contribution is 0.164. The summed E-state index contributed by atoms with van der Waals surface area (Å²) in [7, 11) is 0. The van der Waals surface area contributed by atoms with E-state index < -0.39 is 0 Å². The molecule has 1 nitrogen and oxygen atoms in total. The highest BCUT2D eigenvalue weighted by Gasteiger charge is 2.49. The molecule has 0 radical (unpaired) electrons. The van der Waals surface area contributed by atoms with Gasteiger partial charge < -0.3 is 5.11 Å². The Balaban J connectivity index is 1.91. The van der Waals surface area contributed by atoms with Crippen molar-refractivity contribution in [3.63, 3.8) is 0 Å². The molecule has 1 N–H and O–H groups in total. The van der Waals surface area contributed by atoms with E-state index in [4.69, 9.17) is 0 Å². The molecule has 2 heteroatoms. The van der Waals surface area contributed by atoms with E-state index in [9.17, 15) is 5.11 Å². The molecule has 0 heterocycles. The van der Waals surface area contributed by atoms with Crippen molar-refractivity contribution in [2.24, 2.45) is 0 Å². The Morgan fingerprint density at radius 2 is 2.00 bits per heavy atom. The van der Waals surface area contributed by atoms with Crippen molar-refractivity contribution in [3.05, 3.63) is 35.4 Å². The first kappa shape index (κ1) is 11.6. The summed E-state index contributed by atoms with van der Waals surface area (Å²) in [6, 6.07) is 8.53. The molecule has 2 aliphatic carbocycles. The molecule has 1 unspecified atom stereocenters. The maximum atomic E-state index is 10.6. The molecule has 1 atom stereocenters. The van der Waals surface area contributed by atoms with E-state index in [-0.39, 0.29) is 10.9 Å². The summed E-state index contributed by atoms with van der Waals surface area (Å²) in [5.74, 6) is 0.707. The second-order valence-corrected chi connectivity index (χ2v) is 6.65. The summed E-state index contributed by atoms with van der Waals surface area (Å²) in [4.78, 5) is 0. The third-order valence-corrected chi connectivity index (χ3v) is 5.93. The molecule has 2 aliphatic rings. The Labute approximate surface area is 108 Å². The van der Waals surface area contributed by atoms with E-state index in [0.717, 1.165) is 12.8 Å². The van der Waals surface area contributed by atoms with Gasteiger partial charge in [0.1, 0.15) is 0 Å². The molecular weight excluding hydrogens is 228 g/mol. The molecule has 0 spiro atoms. The summed E-state index contributed by atoms with van der Waals surface area (Å²) < 4.78 is 0.125. The molecule has 0 aromatic heterocycles. The molecule has 0 amide bonds. The molecular formula is C15H20OS. The zero-order valence-electron chi connectivity index (χ0n) is 10.4. The monoisotopic (exact) mass is 248 g/mol. The molecule has 3 rings (SSSR count). The van der Waals surface area contributed by atoms with Crippen molar-refractivity contribution in [1.82, 2.24) is 0 Å². The lowest BCUT2D eigenvalue weighted by atomic mass is 9.77. The molecule has 2 fully saturated rings. The van der Waals surface area contributed by atoms with Gasteiger partial charge in [-0.25, -0.2) is 0 Å². The average molecular weight is 248 g/mol. The highest BCUT2D eigenvalue weighted by Crippen LogP contribution is 2.56. The topological polar surface area (TPSA) is 20.2 Å². The normalized spacial score (nSPS) is 24.1. The number of thioether (sulfide) groups is 1. The fourth-order valence-corrected chi connectivity index (χ4v) is 3.71. The SMILES string of the molecule is CSC1(C(O)c2ccccc2C2CCC2)CC1. The number of rotatable bonds is 4. The second kappa shape index (κ2) is 4.33. The van der Waals surface area contributed by atoms with Gasteiger partial charge in [-0.2, -0.15) is 11.8 Å². The molecule has 1 aromatic rings. The van der Waals surface area contributed by atoms with Gasteiger partial charge in [0.2, 0.25) is 0 Å². The molecule has 92 valence electrons. The predicted molar refractivity (Wildman–Crippen MR) is 73.5 cm³/mol. The van der Waals surface area contributed by atoms with Crippen LogP contribution in [0.15, 0.2) is 24.3 Å². The van der Waals surface area contributed by atoms with Crippen LogP contribution in [0.3, 0.4) is 0 Å². The van der Waals surface area contributed by atoms with Crippen LogP contribution in [0, 0.1) is 0 Å². The zero-order chi connectivity index (χ0) is 11.9. The van der Waals surface area contributed by atoms with Crippen molar-refractivity contribution >= 4 is 11.8 Å². The van der Waals surface area contributed by atoms with Gasteiger partial charge in [-0.3, -0.25) is 0 Å². The van der Waals surface area contributed by atoms with Gasteiger partial charge in [-0.05, 0) is 49.0 Å². The Bertz CT molecular complexity index is 407. The highest BCUT2D eigenvalue weighted by molar-refractivity contribution is 8.00. The minimum absolute atomic E-state index is 0.125. The van der Waals surface area contributed by atoms with Crippen LogP contribution >= 0.6 is 11.8 Å². The molecule has 17 heavy (non-hydrogen) atoms. The lowest BCUT2D eigenvalue weighted by Crippen LogP contribution is -2.20. The summed E-state index contributed by atoms with van der Waals surface area (Å²) >= 11 is 1.84. The van der Waals surface area contributed by atoms with Crippen molar-refractivity contribution in [3.8, 4) is 0 Å². The number of aliphatic hydroxyl groups excluding tert-OH is 1. The van der Waals surface area contributed by atoms with Crippen LogP contribution in [-0.2, 0) is 0 Å². The molecule has 0 bridgehead atoms. The van der Waals surface area contributed by atoms with E-state index in [0.29, 0.717) is 5.92 Å². The van der Waals surface area contributed by atoms with Crippen LogP contribution in [0.1, 0.15) is 55.3 Å². The maximum absolute atomic E-state index is 10.6. The van der Waals surface area contributed by atoms with Crippen LogP contribution in [0.5, 0.6) is 0 Å². The van der Waals surface area contributed by atoms with E-state index in [1.54, 1.807) is 0 Å². The second-order valence-electron chi connectivity index (χ2n) is 5.43. The molecule has 0 aliphatic heterocycles. The van der Waals surface area contributed by atoms with Crippen LogP contribution in [0.25, 0.3) is 0 Å². The quantitative estimate of drug-likeness (QED) is 0.872. The number of aliphatic hydroxyl groups is 1. The first-order valence-corrected chi connectivity index (χ1v) is 7.81. The first-order chi connectivity index (χ1) is 8.27. The van der Waals surface area contributed by atoms with E-state index in [2.05, 4.69) is 30.5 Å². The Morgan fingerprint density at radius 1 is 1.29 bits per heavy atom. The predicted octanol–water partition coefficient (Wildman–Crippen LogP) is 3.88. The average Bonchev–Trinajstić information content (AvgIpc) is 3.07. The lowest BCUT2D eigenvalue weighted by Gasteiger charge is -2.31. The van der Waals surface area contributed by atoms with Crippen LogP contribution in [-0.4, -0.2) is 16.1 Å². The van der Waals surface area contributed by atoms with Gasteiger partial charge in [0.15, 0.2) is 0 Å². The largest absolute Gasteiger partial charge is 0.387 e. The molecule has 0 saturated heterocycles. The Morgan fingerprint density at radius 3 is 2.53 bits per heavy atom. The summed E-state index contributed by atoms with van der Waals surface area (Å²) in [5.41, 5.74) is 2.61. The van der Waals surface area contributed by atoms with Crippen molar-refractivity contribution < 1.29 is 5.11 Å². The maximum Gasteiger partial charge on any atom is 0.0939 e. The Hall–Kier alpha value is -0.470. The fourth-order valence-electron chi connectivity index (χ4n) is 2.85. The number of benzene rings is 1. The van der Waals surface area contributed by atoms with Gasteiger partial charge in [-0.1, -0.05) is 30.7 Å². The van der Waals surface area contributed by atoms with Gasteiger partial charge in [-0.15, -0.1) is 0 Å². The zero-order valence-corrected chi connectivity index (χ0v) is 11.2. The van der Waals surface area contributed by atoms with Crippen molar-refractivity contribution in [1.29, 1.82) is 0 Å². The van der Waals surface area contributed by atoms with Crippen molar-refractivity contribution in [2.75, 3.05) is 6.26 Å². The summed E-state index contributed by atoms with van der Waals surface area (Å²) in [5, 5.41) is 10.6. The number of hydrogen-bond acceptors (Lipinski definition) is 2. The van der Waals surface area contributed by atoms with Crippen LogP contribution < -0.4 is 0 Å². The van der Waals surface area contributed by atoms with Crippen molar-refractivity contribution in [2.45, 2.75) is 48.9 Å². The Kier molecular flexibility index (Phi) is 2.95. The molecule has 2 saturated carbocycles. The minimum atomic E-state index is -0.269. The number of hydrogen-bond donors (Lipinski definition) is 1. The van der Waals surface area contributed by atoms with Crippen LogP contribution in [0.4, 0.5) is 0 Å². The van der Waals surface area contributed by atoms with E-state index >= 15 is 0 Å². The third-order valence-electron chi connectivity index (χ3n) is 4.48. The summed E-state index contributed by atoms with van der Waals surface area (Å²) in [6.07, 6.45) is 8.13. The van der Waals surface area contributed by atoms with Crippen LogP contribution in [0.2, 0.25) is 0 Å². The third kappa shape index (κ3) is 1.92. The minimum Gasteiger partial charge on any atom is -0.387 e. The fraction of sp³-hybridized carbons (Fsp3) is 0.600. The highest BCUT2D eigenvalue weighted by atomic mass is 32.2. The van der Waals surface area contributed by atoms with Gasteiger partial charge in [0.25, 0.3) is 0 Å². The van der Waals surface area contributed by atoms with Gasteiger partial charge >= 0.3 is 0 Å². The first-order valence-electron chi connectivity index (χ1n) is 6.59. The van der Waals surface area contributed by atoms with E-state index in [1.165, 1.54) is 30.4 Å². The van der Waals surface area contributed by atoms with Gasteiger partial charge in [0, 0.05) is 4.75 Å². The molecule has 1 aromatic carbocycles. The smallest absolute Gasteiger partial charge is 0.0939 e. The summed E-state index contributed by atoms with van der Waals surface area (Å²) in [6.45, 7) is 0. The van der Waals surface area contributed by atoms with E-state index in [1.807, 2.05) is 11.8 Å². The standard InChI is InChI=1S/C15H20OS/c1-17-15(9-10-15)14(16)13-8-3-2-7-12(13)11-5-4-6-11/h2-3,7-8,11,14,16H,4-6,9-10H2,1H3.